The van der Waals surface area contributed by atoms with Crippen LogP contribution in [0.4, 0.5) is 5.69 Å². The topological polar surface area (TPSA) is 72.5 Å². The van der Waals surface area contributed by atoms with Gasteiger partial charge in [-0.3, -0.25) is 9.59 Å². The maximum atomic E-state index is 12.0. The van der Waals surface area contributed by atoms with E-state index in [2.05, 4.69) is 5.32 Å². The summed E-state index contributed by atoms with van der Waals surface area (Å²) < 4.78 is 10.4. The average molecular weight is 295 g/mol. The van der Waals surface area contributed by atoms with E-state index in [0.29, 0.717) is 17.7 Å². The Morgan fingerprint density at radius 3 is 2.68 bits per heavy atom. The van der Waals surface area contributed by atoms with Crippen molar-refractivity contribution in [2.24, 2.45) is 0 Å². The van der Waals surface area contributed by atoms with Gasteiger partial charge in [0.1, 0.15) is 5.76 Å². The Balaban J connectivity index is 1.83. The first kappa shape index (κ1) is 13.9. The van der Waals surface area contributed by atoms with E-state index < -0.39 is 0 Å². The summed E-state index contributed by atoms with van der Waals surface area (Å²) in [4.78, 5) is 22.6. The van der Waals surface area contributed by atoms with Crippen molar-refractivity contribution in [2.45, 2.75) is 6.92 Å². The van der Waals surface area contributed by atoms with Crippen molar-refractivity contribution in [3.63, 3.8) is 0 Å². The summed E-state index contributed by atoms with van der Waals surface area (Å²) in [6.07, 6.45) is 2.11. The molecular weight excluding hydrogens is 282 g/mol. The fourth-order valence-corrected chi connectivity index (χ4v) is 2.12. The Morgan fingerprint density at radius 1 is 1.18 bits per heavy atom. The molecule has 5 heteroatoms. The summed E-state index contributed by atoms with van der Waals surface area (Å²) in [6, 6.07) is 12.1. The molecule has 0 spiro atoms. The first-order valence-corrected chi connectivity index (χ1v) is 6.68. The number of carbonyl (C=O) groups is 2. The van der Waals surface area contributed by atoms with E-state index in [1.807, 2.05) is 19.1 Å². The second kappa shape index (κ2) is 5.73. The largest absolute Gasteiger partial charge is 0.459 e. The molecule has 0 bridgehead atoms. The van der Waals surface area contributed by atoms with Gasteiger partial charge in [-0.25, -0.2) is 0 Å². The van der Waals surface area contributed by atoms with Gasteiger partial charge in [0.05, 0.1) is 6.26 Å². The monoisotopic (exact) mass is 295 g/mol. The van der Waals surface area contributed by atoms with E-state index in [9.17, 15) is 9.59 Å². The van der Waals surface area contributed by atoms with Crippen LogP contribution >= 0.6 is 0 Å². The van der Waals surface area contributed by atoms with Crippen LogP contribution in [-0.2, 0) is 0 Å². The maximum absolute atomic E-state index is 12.0. The summed E-state index contributed by atoms with van der Waals surface area (Å²) in [5.41, 5.74) is 2.40. The number of hydrogen-bond acceptors (Lipinski definition) is 4. The first-order valence-electron chi connectivity index (χ1n) is 6.68. The van der Waals surface area contributed by atoms with Crippen molar-refractivity contribution >= 4 is 17.9 Å². The first-order chi connectivity index (χ1) is 10.7. The number of aldehydes is 1. The van der Waals surface area contributed by atoms with Gasteiger partial charge in [-0.05, 0) is 55.0 Å². The lowest BCUT2D eigenvalue weighted by atomic mass is 10.1. The summed E-state index contributed by atoms with van der Waals surface area (Å²) in [6.45, 7) is 1.88. The van der Waals surface area contributed by atoms with Gasteiger partial charge in [-0.2, -0.15) is 0 Å². The van der Waals surface area contributed by atoms with Gasteiger partial charge in [0.2, 0.25) is 0 Å². The fraction of sp³-hybridized carbons (Fsp3) is 0.0588. The Labute approximate surface area is 126 Å². The molecule has 0 aliphatic heterocycles. The van der Waals surface area contributed by atoms with Crippen LogP contribution in [0.5, 0.6) is 0 Å². The third-order valence-corrected chi connectivity index (χ3v) is 3.25. The van der Waals surface area contributed by atoms with Gasteiger partial charge in [0.15, 0.2) is 17.8 Å². The quantitative estimate of drug-likeness (QED) is 0.740. The number of benzene rings is 1. The van der Waals surface area contributed by atoms with Crippen LogP contribution in [0.1, 0.15) is 26.7 Å². The zero-order valence-electron chi connectivity index (χ0n) is 11.8. The van der Waals surface area contributed by atoms with E-state index in [4.69, 9.17) is 8.83 Å². The van der Waals surface area contributed by atoms with E-state index >= 15 is 0 Å². The highest BCUT2D eigenvalue weighted by molar-refractivity contribution is 6.02. The van der Waals surface area contributed by atoms with Crippen LogP contribution in [-0.4, -0.2) is 12.2 Å². The number of carbonyl (C=O) groups excluding carboxylic acids is 2. The molecule has 1 amide bonds. The Hall–Kier alpha value is -3.08. The lowest BCUT2D eigenvalue weighted by molar-refractivity contribution is 0.0996. The zero-order valence-corrected chi connectivity index (χ0v) is 11.8. The molecule has 0 unspecified atom stereocenters. The molecule has 0 atom stereocenters. The lowest BCUT2D eigenvalue weighted by Gasteiger charge is -2.08. The van der Waals surface area contributed by atoms with Gasteiger partial charge in [0, 0.05) is 11.3 Å². The number of furan rings is 2. The van der Waals surface area contributed by atoms with Crippen molar-refractivity contribution in [1.29, 1.82) is 0 Å². The third kappa shape index (κ3) is 2.69. The highest BCUT2D eigenvalue weighted by Crippen LogP contribution is 2.26. The molecule has 3 aromatic rings. The number of hydrogen-bond donors (Lipinski definition) is 1. The van der Waals surface area contributed by atoms with Gasteiger partial charge < -0.3 is 14.2 Å². The summed E-state index contributed by atoms with van der Waals surface area (Å²) >= 11 is 0. The Bertz CT molecular complexity index is 815. The van der Waals surface area contributed by atoms with E-state index in [0.717, 1.165) is 11.1 Å². The highest BCUT2D eigenvalue weighted by atomic mass is 16.3. The molecule has 0 saturated carbocycles. The van der Waals surface area contributed by atoms with Crippen molar-refractivity contribution in [1.82, 2.24) is 0 Å². The molecule has 0 aliphatic carbocycles. The van der Waals surface area contributed by atoms with Crippen molar-refractivity contribution < 1.29 is 18.4 Å². The molecule has 22 heavy (non-hydrogen) atoms. The molecule has 110 valence electrons. The molecule has 0 saturated heterocycles. The van der Waals surface area contributed by atoms with Crippen molar-refractivity contribution in [3.8, 4) is 11.3 Å². The number of aryl methyl sites for hydroxylation is 1. The molecule has 2 heterocycles. The van der Waals surface area contributed by atoms with Crippen LogP contribution in [0.25, 0.3) is 11.3 Å². The Morgan fingerprint density at radius 2 is 2.05 bits per heavy atom. The minimum Gasteiger partial charge on any atom is -0.459 e. The van der Waals surface area contributed by atoms with Gasteiger partial charge in [-0.1, -0.05) is 0 Å². The fourth-order valence-electron chi connectivity index (χ4n) is 2.12. The predicted octanol–water partition coefficient (Wildman–Crippen LogP) is 3.91. The zero-order chi connectivity index (χ0) is 15.5. The highest BCUT2D eigenvalue weighted by Gasteiger charge is 2.11. The minimum atomic E-state index is -0.304. The minimum absolute atomic E-state index is 0.255. The van der Waals surface area contributed by atoms with E-state index in [-0.39, 0.29) is 17.4 Å². The van der Waals surface area contributed by atoms with Crippen molar-refractivity contribution in [3.05, 3.63) is 65.8 Å². The average Bonchev–Trinajstić information content (AvgIpc) is 3.20. The smallest absolute Gasteiger partial charge is 0.291 e. The second-order valence-corrected chi connectivity index (χ2v) is 4.78. The van der Waals surface area contributed by atoms with Crippen LogP contribution in [0.3, 0.4) is 0 Å². The van der Waals surface area contributed by atoms with Gasteiger partial charge >= 0.3 is 0 Å². The van der Waals surface area contributed by atoms with Crippen LogP contribution in [0.15, 0.2) is 57.6 Å². The van der Waals surface area contributed by atoms with Crippen LogP contribution in [0, 0.1) is 6.92 Å². The van der Waals surface area contributed by atoms with Crippen LogP contribution in [0.2, 0.25) is 0 Å². The molecule has 3 rings (SSSR count). The molecule has 1 N–H and O–H groups in total. The summed E-state index contributed by atoms with van der Waals surface area (Å²) in [5.74, 6) is 0.837. The van der Waals surface area contributed by atoms with Crippen LogP contribution < -0.4 is 5.32 Å². The maximum Gasteiger partial charge on any atom is 0.291 e. The molecule has 2 aromatic heterocycles. The predicted molar refractivity (Wildman–Crippen MR) is 80.9 cm³/mol. The molecular formula is C17H13NO4. The summed E-state index contributed by atoms with van der Waals surface area (Å²) in [5, 5.41) is 2.79. The molecule has 5 nitrogen and oxygen atoms in total. The second-order valence-electron chi connectivity index (χ2n) is 4.78. The number of nitrogens with one attached hydrogen (secondary N) is 1. The van der Waals surface area contributed by atoms with Crippen molar-refractivity contribution in [2.75, 3.05) is 5.32 Å². The molecule has 1 aromatic carbocycles. The van der Waals surface area contributed by atoms with E-state index in [1.54, 1.807) is 30.3 Å². The van der Waals surface area contributed by atoms with Gasteiger partial charge in [-0.15, -0.1) is 0 Å². The third-order valence-electron chi connectivity index (χ3n) is 3.25. The number of anilines is 1. The number of amides is 1. The molecule has 0 fully saturated rings. The lowest BCUT2D eigenvalue weighted by Crippen LogP contribution is -2.11. The summed E-state index contributed by atoms with van der Waals surface area (Å²) in [7, 11) is 0. The van der Waals surface area contributed by atoms with Gasteiger partial charge in [0.25, 0.3) is 5.91 Å². The standard InChI is InChI=1S/C17H13NO4/c1-11-9-12(15-7-5-13(10-19)22-15)4-6-14(11)18-17(20)16-3-2-8-21-16/h2-10H,1H3,(H,18,20). The SMILES string of the molecule is Cc1cc(-c2ccc(C=O)o2)ccc1NC(=O)c1ccco1. The Kier molecular flexibility index (Phi) is 3.62. The number of rotatable bonds is 4. The normalized spacial score (nSPS) is 10.4. The van der Waals surface area contributed by atoms with E-state index in [1.165, 1.54) is 6.26 Å². The molecule has 0 aliphatic rings. The molecule has 0 radical (unpaired) electrons.